The van der Waals surface area contributed by atoms with Crippen molar-refractivity contribution in [2.45, 2.75) is 32.1 Å². The van der Waals surface area contributed by atoms with E-state index in [1.807, 2.05) is 42.5 Å². The molecule has 0 radical (unpaired) electrons. The van der Waals surface area contributed by atoms with Crippen LogP contribution in [0.3, 0.4) is 0 Å². The highest BCUT2D eigenvalue weighted by Crippen LogP contribution is 2.40. The Kier molecular flexibility index (Phi) is 7.33. The first kappa shape index (κ1) is 22.8. The molecule has 1 amide bonds. The normalized spacial score (nSPS) is 26.0. The van der Waals surface area contributed by atoms with Gasteiger partial charge in [0.1, 0.15) is 12.3 Å². The maximum atomic E-state index is 12.7. The summed E-state index contributed by atoms with van der Waals surface area (Å²) in [6.07, 6.45) is 11.6. The molecule has 3 rings (SSSR count). The van der Waals surface area contributed by atoms with Gasteiger partial charge in [-0.2, -0.15) is 0 Å². The van der Waals surface area contributed by atoms with E-state index in [1.54, 1.807) is 6.07 Å². The first-order valence-electron chi connectivity index (χ1n) is 10.8. The topological polar surface area (TPSA) is 89.9 Å². The molecule has 1 aromatic rings. The molecule has 31 heavy (non-hydrogen) atoms. The molecule has 1 aliphatic heterocycles. The van der Waals surface area contributed by atoms with E-state index in [0.29, 0.717) is 12.5 Å². The summed E-state index contributed by atoms with van der Waals surface area (Å²) in [5.41, 5.74) is 2.15. The highest BCUT2D eigenvalue weighted by Gasteiger charge is 2.38. The van der Waals surface area contributed by atoms with E-state index < -0.39 is 11.9 Å². The van der Waals surface area contributed by atoms with E-state index in [-0.39, 0.29) is 23.6 Å². The predicted molar refractivity (Wildman–Crippen MR) is 121 cm³/mol. The number of rotatable bonds is 7. The van der Waals surface area contributed by atoms with E-state index in [4.69, 9.17) is 5.11 Å². The van der Waals surface area contributed by atoms with Crippen molar-refractivity contribution in [2.75, 3.05) is 26.2 Å². The van der Waals surface area contributed by atoms with Crippen LogP contribution in [0.25, 0.3) is 0 Å². The Bertz CT molecular complexity index is 905. The molecule has 1 fully saturated rings. The van der Waals surface area contributed by atoms with Gasteiger partial charge < -0.3 is 20.4 Å². The van der Waals surface area contributed by atoms with Crippen molar-refractivity contribution in [3.63, 3.8) is 0 Å². The lowest BCUT2D eigenvalue weighted by molar-refractivity contribution is -0.138. The molecule has 1 saturated heterocycles. The number of aliphatic carboxylic acids is 1. The molecule has 1 aliphatic carbocycles. The van der Waals surface area contributed by atoms with Crippen LogP contribution in [0.1, 0.15) is 32.3 Å². The monoisotopic (exact) mass is 424 g/mol. The summed E-state index contributed by atoms with van der Waals surface area (Å²) in [4.78, 5) is 25.9. The Balaban J connectivity index is 1.71. The first-order valence-corrected chi connectivity index (χ1v) is 10.8. The lowest BCUT2D eigenvalue weighted by Crippen LogP contribution is -2.50. The molecule has 0 aromatic heterocycles. The number of carboxylic acid groups (broad SMARTS) is 1. The van der Waals surface area contributed by atoms with Crippen molar-refractivity contribution in [3.8, 4) is 5.75 Å². The second-order valence-electron chi connectivity index (χ2n) is 8.83. The third-order valence-corrected chi connectivity index (χ3v) is 6.60. The minimum Gasteiger partial charge on any atom is -0.508 e. The SMILES string of the molecule is CC1CN(CC(C=C2C=CC=CC2)C(=O)NCC(=O)O)CCC1(C)c1cccc(O)c1. The molecule has 3 unspecified atom stereocenters. The summed E-state index contributed by atoms with van der Waals surface area (Å²) in [6.45, 7) is 6.28. The molecule has 0 bridgehead atoms. The number of aromatic hydroxyl groups is 1. The van der Waals surface area contributed by atoms with Gasteiger partial charge in [-0.1, -0.05) is 56.4 Å². The number of carbonyl (C=O) groups is 2. The van der Waals surface area contributed by atoms with Crippen LogP contribution in [0.5, 0.6) is 5.75 Å². The van der Waals surface area contributed by atoms with Crippen molar-refractivity contribution in [3.05, 3.63) is 65.8 Å². The van der Waals surface area contributed by atoms with Gasteiger partial charge in [0.2, 0.25) is 5.91 Å². The minimum atomic E-state index is -1.05. The number of nitrogens with one attached hydrogen (secondary N) is 1. The van der Waals surface area contributed by atoms with Crippen molar-refractivity contribution in [1.82, 2.24) is 10.2 Å². The zero-order chi connectivity index (χ0) is 22.4. The Labute approximate surface area is 184 Å². The Morgan fingerprint density at radius 2 is 2.16 bits per heavy atom. The molecule has 1 aromatic carbocycles. The van der Waals surface area contributed by atoms with Crippen LogP contribution in [-0.2, 0) is 15.0 Å². The number of hydrogen-bond acceptors (Lipinski definition) is 4. The maximum Gasteiger partial charge on any atom is 0.322 e. The van der Waals surface area contributed by atoms with E-state index >= 15 is 0 Å². The number of nitrogens with zero attached hydrogens (tertiary/aromatic N) is 1. The van der Waals surface area contributed by atoms with Gasteiger partial charge in [-0.25, -0.2) is 0 Å². The van der Waals surface area contributed by atoms with Crippen LogP contribution in [-0.4, -0.2) is 53.2 Å². The van der Waals surface area contributed by atoms with Crippen LogP contribution in [0.4, 0.5) is 0 Å². The summed E-state index contributed by atoms with van der Waals surface area (Å²) < 4.78 is 0. The summed E-state index contributed by atoms with van der Waals surface area (Å²) >= 11 is 0. The molecule has 6 nitrogen and oxygen atoms in total. The Morgan fingerprint density at radius 3 is 2.81 bits per heavy atom. The molecular formula is C25H32N2O4. The van der Waals surface area contributed by atoms with Crippen LogP contribution >= 0.6 is 0 Å². The van der Waals surface area contributed by atoms with Crippen molar-refractivity contribution >= 4 is 11.9 Å². The Morgan fingerprint density at radius 1 is 1.35 bits per heavy atom. The molecule has 1 heterocycles. The maximum absolute atomic E-state index is 12.7. The molecule has 0 saturated carbocycles. The number of carbonyl (C=O) groups excluding carboxylic acids is 1. The van der Waals surface area contributed by atoms with Gasteiger partial charge in [0.25, 0.3) is 0 Å². The Hall–Kier alpha value is -2.86. The average molecular weight is 425 g/mol. The first-order chi connectivity index (χ1) is 14.8. The number of piperidine rings is 1. The molecule has 166 valence electrons. The largest absolute Gasteiger partial charge is 0.508 e. The van der Waals surface area contributed by atoms with Gasteiger partial charge in [0, 0.05) is 13.1 Å². The zero-order valence-corrected chi connectivity index (χ0v) is 18.3. The quantitative estimate of drug-likeness (QED) is 0.625. The lowest BCUT2D eigenvalue weighted by atomic mass is 9.68. The van der Waals surface area contributed by atoms with E-state index in [9.17, 15) is 14.7 Å². The average Bonchev–Trinajstić information content (AvgIpc) is 2.75. The number of carboxylic acids is 1. The predicted octanol–water partition coefficient (Wildman–Crippen LogP) is 3.25. The highest BCUT2D eigenvalue weighted by molar-refractivity contribution is 5.84. The van der Waals surface area contributed by atoms with Crippen LogP contribution in [0, 0.1) is 11.8 Å². The van der Waals surface area contributed by atoms with Gasteiger partial charge in [0.15, 0.2) is 0 Å². The molecular weight excluding hydrogens is 392 g/mol. The molecule has 3 N–H and O–H groups in total. The molecule has 2 aliphatic rings. The van der Waals surface area contributed by atoms with Crippen molar-refractivity contribution in [1.29, 1.82) is 0 Å². The van der Waals surface area contributed by atoms with E-state index in [2.05, 4.69) is 30.1 Å². The van der Waals surface area contributed by atoms with Gasteiger partial charge in [-0.15, -0.1) is 0 Å². The minimum absolute atomic E-state index is 0.0499. The number of benzene rings is 1. The van der Waals surface area contributed by atoms with E-state index in [0.717, 1.165) is 37.1 Å². The van der Waals surface area contributed by atoms with Crippen molar-refractivity contribution in [2.24, 2.45) is 11.8 Å². The summed E-state index contributed by atoms with van der Waals surface area (Å²) in [5, 5.41) is 21.4. The van der Waals surface area contributed by atoms with Crippen LogP contribution < -0.4 is 5.32 Å². The number of amides is 1. The third kappa shape index (κ3) is 5.85. The summed E-state index contributed by atoms with van der Waals surface area (Å²) in [7, 11) is 0. The highest BCUT2D eigenvalue weighted by atomic mass is 16.4. The van der Waals surface area contributed by atoms with Gasteiger partial charge in [-0.3, -0.25) is 9.59 Å². The van der Waals surface area contributed by atoms with Crippen LogP contribution in [0.15, 0.2) is 60.2 Å². The number of likely N-dealkylation sites (tertiary alicyclic amines) is 1. The fraction of sp³-hybridized carbons (Fsp3) is 0.440. The standard InChI is InChI=1S/C25H32N2O4/c1-18-16-27(12-11-25(18,2)21-9-6-10-22(28)14-21)17-20(24(31)26-15-23(29)30)13-19-7-4-3-5-8-19/h3-7,9-10,13-14,18,20,28H,8,11-12,15-17H2,1-2H3,(H,26,31)(H,29,30). The fourth-order valence-electron chi connectivity index (χ4n) is 4.47. The van der Waals surface area contributed by atoms with Crippen LogP contribution in [0.2, 0.25) is 0 Å². The molecule has 6 heteroatoms. The number of allylic oxidation sites excluding steroid dienone is 5. The second-order valence-corrected chi connectivity index (χ2v) is 8.83. The van der Waals surface area contributed by atoms with Gasteiger partial charge >= 0.3 is 5.97 Å². The zero-order valence-electron chi connectivity index (χ0n) is 18.3. The number of phenols is 1. The number of hydrogen-bond donors (Lipinski definition) is 3. The third-order valence-electron chi connectivity index (χ3n) is 6.60. The summed E-state index contributed by atoms with van der Waals surface area (Å²) in [5.74, 6) is -1.11. The summed E-state index contributed by atoms with van der Waals surface area (Å²) in [6, 6.07) is 7.49. The fourth-order valence-corrected chi connectivity index (χ4v) is 4.47. The van der Waals surface area contributed by atoms with Gasteiger partial charge in [-0.05, 0) is 54.0 Å². The lowest BCUT2D eigenvalue weighted by Gasteiger charge is -2.45. The molecule has 0 spiro atoms. The van der Waals surface area contributed by atoms with E-state index in [1.165, 1.54) is 0 Å². The number of phenolic OH excluding ortho intramolecular Hbond substituents is 1. The molecule has 3 atom stereocenters. The second kappa shape index (κ2) is 9.96. The smallest absolute Gasteiger partial charge is 0.322 e. The van der Waals surface area contributed by atoms with Gasteiger partial charge in [0.05, 0.1) is 5.92 Å². The van der Waals surface area contributed by atoms with Crippen molar-refractivity contribution < 1.29 is 19.8 Å².